The summed E-state index contributed by atoms with van der Waals surface area (Å²) in [5.41, 5.74) is 0.578. The molecule has 0 saturated carbocycles. The first-order valence-electron chi connectivity index (χ1n) is 3.60. The highest BCUT2D eigenvalue weighted by Crippen LogP contribution is 2.29. The van der Waals surface area contributed by atoms with Gasteiger partial charge in [0, 0.05) is 6.07 Å². The standard InChI is InChI=1S/C7H4N4O3/c1-8-4-2-3-5(11(12)13)7-6(4)9-14-10-7/h2-3H,1H2. The Bertz CT molecular complexity index is 519. The molecule has 0 unspecified atom stereocenters. The van der Waals surface area contributed by atoms with Gasteiger partial charge in [0.05, 0.1) is 10.6 Å². The van der Waals surface area contributed by atoms with Gasteiger partial charge in [-0.25, -0.2) is 4.63 Å². The normalized spacial score (nSPS) is 10.3. The van der Waals surface area contributed by atoms with Crippen LogP contribution in [0.3, 0.4) is 0 Å². The maximum atomic E-state index is 10.6. The second-order valence-electron chi connectivity index (χ2n) is 2.48. The number of hydrogen-bond acceptors (Lipinski definition) is 6. The van der Waals surface area contributed by atoms with E-state index in [-0.39, 0.29) is 16.7 Å². The van der Waals surface area contributed by atoms with Crippen LogP contribution in [0.1, 0.15) is 0 Å². The molecule has 7 nitrogen and oxygen atoms in total. The van der Waals surface area contributed by atoms with Crippen LogP contribution in [0.2, 0.25) is 0 Å². The zero-order valence-electron chi connectivity index (χ0n) is 6.88. The molecule has 1 heterocycles. The second kappa shape index (κ2) is 2.87. The summed E-state index contributed by atoms with van der Waals surface area (Å²) >= 11 is 0. The van der Waals surface area contributed by atoms with Crippen molar-refractivity contribution in [2.75, 3.05) is 0 Å². The second-order valence-corrected chi connectivity index (χ2v) is 2.48. The molecule has 0 N–H and O–H groups in total. The van der Waals surface area contributed by atoms with Crippen molar-refractivity contribution < 1.29 is 9.55 Å². The molecule has 2 aromatic rings. The molecule has 1 aromatic carbocycles. The molecule has 0 saturated heterocycles. The monoisotopic (exact) mass is 192 g/mol. The summed E-state index contributed by atoms with van der Waals surface area (Å²) in [5, 5.41) is 17.5. The van der Waals surface area contributed by atoms with Crippen LogP contribution in [0.15, 0.2) is 21.8 Å². The van der Waals surface area contributed by atoms with Gasteiger partial charge in [0.2, 0.25) is 5.52 Å². The van der Waals surface area contributed by atoms with Crippen molar-refractivity contribution in [1.82, 2.24) is 10.3 Å². The molecule has 2 rings (SSSR count). The van der Waals surface area contributed by atoms with Gasteiger partial charge < -0.3 is 0 Å². The number of non-ortho nitro benzene ring substituents is 1. The predicted octanol–water partition coefficient (Wildman–Crippen LogP) is 1.46. The highest BCUT2D eigenvalue weighted by molar-refractivity contribution is 5.92. The van der Waals surface area contributed by atoms with Crippen molar-refractivity contribution >= 4 is 29.1 Å². The third-order valence-corrected chi connectivity index (χ3v) is 1.74. The molecular formula is C7H4N4O3. The fourth-order valence-electron chi connectivity index (χ4n) is 1.12. The molecule has 0 aliphatic heterocycles. The first-order chi connectivity index (χ1) is 6.74. The van der Waals surface area contributed by atoms with E-state index in [0.29, 0.717) is 5.69 Å². The summed E-state index contributed by atoms with van der Waals surface area (Å²) in [5.74, 6) is 0. The number of benzene rings is 1. The van der Waals surface area contributed by atoms with E-state index >= 15 is 0 Å². The Labute approximate surface area is 77.2 Å². The highest BCUT2D eigenvalue weighted by Gasteiger charge is 2.18. The Kier molecular flexibility index (Phi) is 1.70. The van der Waals surface area contributed by atoms with Crippen molar-refractivity contribution in [1.29, 1.82) is 0 Å². The Morgan fingerprint density at radius 3 is 2.79 bits per heavy atom. The minimum atomic E-state index is -0.556. The molecule has 70 valence electrons. The summed E-state index contributed by atoms with van der Waals surface area (Å²) in [7, 11) is 0. The molecule has 0 spiro atoms. The topological polar surface area (TPSA) is 94.4 Å². The van der Waals surface area contributed by atoms with E-state index in [1.807, 2.05) is 0 Å². The number of nitro benzene ring substituents is 1. The number of aliphatic imine (C=N–C) groups is 1. The number of hydrogen-bond donors (Lipinski definition) is 0. The molecule has 0 aliphatic rings. The van der Waals surface area contributed by atoms with Crippen LogP contribution < -0.4 is 0 Å². The molecule has 0 atom stereocenters. The van der Waals surface area contributed by atoms with Gasteiger partial charge in [-0.1, -0.05) is 0 Å². The maximum Gasteiger partial charge on any atom is 0.300 e. The molecular weight excluding hydrogens is 188 g/mol. The van der Waals surface area contributed by atoms with Crippen molar-refractivity contribution in [2.24, 2.45) is 4.99 Å². The Morgan fingerprint density at radius 2 is 2.14 bits per heavy atom. The van der Waals surface area contributed by atoms with Crippen LogP contribution in [0.4, 0.5) is 11.4 Å². The summed E-state index contributed by atoms with van der Waals surface area (Å²) in [6.07, 6.45) is 0. The van der Waals surface area contributed by atoms with E-state index in [2.05, 4.69) is 26.7 Å². The third kappa shape index (κ3) is 1.03. The lowest BCUT2D eigenvalue weighted by molar-refractivity contribution is -0.383. The van der Waals surface area contributed by atoms with E-state index in [4.69, 9.17) is 0 Å². The van der Waals surface area contributed by atoms with Gasteiger partial charge in [0.25, 0.3) is 0 Å². The molecule has 0 radical (unpaired) electrons. The van der Waals surface area contributed by atoms with Crippen LogP contribution in [0.25, 0.3) is 11.0 Å². The van der Waals surface area contributed by atoms with Gasteiger partial charge in [-0.05, 0) is 23.1 Å². The largest absolute Gasteiger partial charge is 0.300 e. The highest BCUT2D eigenvalue weighted by atomic mass is 16.6. The van der Waals surface area contributed by atoms with Gasteiger partial charge in [-0.15, -0.1) is 0 Å². The lowest BCUT2D eigenvalue weighted by Gasteiger charge is -1.92. The Morgan fingerprint density at radius 1 is 1.43 bits per heavy atom. The smallest absolute Gasteiger partial charge is 0.262 e. The molecule has 7 heteroatoms. The average molecular weight is 192 g/mol. The maximum absolute atomic E-state index is 10.6. The van der Waals surface area contributed by atoms with Crippen LogP contribution >= 0.6 is 0 Å². The van der Waals surface area contributed by atoms with Gasteiger partial charge in [0.1, 0.15) is 0 Å². The summed E-state index contributed by atoms with van der Waals surface area (Å²) in [6.45, 7) is 3.31. The van der Waals surface area contributed by atoms with Crippen LogP contribution in [-0.2, 0) is 0 Å². The lowest BCUT2D eigenvalue weighted by Crippen LogP contribution is -1.88. The number of fused-ring (bicyclic) bond motifs is 1. The summed E-state index contributed by atoms with van der Waals surface area (Å²) in [6, 6.07) is 2.73. The van der Waals surface area contributed by atoms with Crippen LogP contribution in [-0.4, -0.2) is 22.0 Å². The third-order valence-electron chi connectivity index (χ3n) is 1.74. The Balaban J connectivity index is 2.84. The fourth-order valence-corrected chi connectivity index (χ4v) is 1.12. The van der Waals surface area contributed by atoms with Gasteiger partial charge in [0.15, 0.2) is 5.52 Å². The first-order valence-corrected chi connectivity index (χ1v) is 3.60. The van der Waals surface area contributed by atoms with Crippen molar-refractivity contribution in [3.8, 4) is 0 Å². The molecule has 14 heavy (non-hydrogen) atoms. The van der Waals surface area contributed by atoms with E-state index < -0.39 is 4.92 Å². The summed E-state index contributed by atoms with van der Waals surface area (Å²) in [4.78, 5) is 13.6. The van der Waals surface area contributed by atoms with Gasteiger partial charge >= 0.3 is 5.69 Å². The number of nitrogens with zero attached hydrogens (tertiary/aromatic N) is 4. The minimum absolute atomic E-state index is 0.0832. The number of aromatic nitrogens is 2. The van der Waals surface area contributed by atoms with Crippen LogP contribution in [0, 0.1) is 10.1 Å². The predicted molar refractivity (Wildman–Crippen MR) is 47.7 cm³/mol. The Hall–Kier alpha value is -2.31. The zero-order valence-corrected chi connectivity index (χ0v) is 6.88. The van der Waals surface area contributed by atoms with Crippen molar-refractivity contribution in [2.45, 2.75) is 0 Å². The van der Waals surface area contributed by atoms with Crippen molar-refractivity contribution in [3.63, 3.8) is 0 Å². The molecule has 0 bridgehead atoms. The summed E-state index contributed by atoms with van der Waals surface area (Å²) < 4.78 is 4.41. The lowest BCUT2D eigenvalue weighted by atomic mass is 10.2. The fraction of sp³-hybridized carbons (Fsp3) is 0. The zero-order chi connectivity index (χ0) is 10.1. The van der Waals surface area contributed by atoms with E-state index in [1.54, 1.807) is 0 Å². The minimum Gasteiger partial charge on any atom is -0.262 e. The molecule has 1 aromatic heterocycles. The SMILES string of the molecule is C=Nc1ccc([N+](=O)[O-])c2nonc12. The van der Waals surface area contributed by atoms with Gasteiger partial charge in [-0.2, -0.15) is 0 Å². The average Bonchev–Trinajstić information content (AvgIpc) is 2.64. The molecule has 0 amide bonds. The molecule has 0 fully saturated rings. The van der Waals surface area contributed by atoms with Crippen LogP contribution in [0.5, 0.6) is 0 Å². The number of rotatable bonds is 2. The van der Waals surface area contributed by atoms with E-state index in [9.17, 15) is 10.1 Å². The number of nitro groups is 1. The molecule has 0 aliphatic carbocycles. The van der Waals surface area contributed by atoms with E-state index in [0.717, 1.165) is 0 Å². The van der Waals surface area contributed by atoms with Crippen molar-refractivity contribution in [3.05, 3.63) is 22.2 Å². The quantitative estimate of drug-likeness (QED) is 0.407. The van der Waals surface area contributed by atoms with E-state index in [1.165, 1.54) is 12.1 Å². The van der Waals surface area contributed by atoms with Gasteiger partial charge in [-0.3, -0.25) is 15.1 Å². The first kappa shape index (κ1) is 8.30.